The Bertz CT molecular complexity index is 1320. The molecule has 2 aliphatic carbocycles. The van der Waals surface area contributed by atoms with Gasteiger partial charge in [-0.1, -0.05) is 37.0 Å². The second-order valence-corrected chi connectivity index (χ2v) is 12.9. The molecule has 12 heteroatoms. The fraction of sp³-hybridized carbons (Fsp3) is 0.571. The number of aryl methyl sites for hydroxylation is 1. The van der Waals surface area contributed by atoms with Crippen LogP contribution in [0.3, 0.4) is 0 Å². The molecular formula is C28H32Cl2F3N3O4. The zero-order valence-corrected chi connectivity index (χ0v) is 24.3. The summed E-state index contributed by atoms with van der Waals surface area (Å²) in [7, 11) is 0. The number of carbonyl (C=O) groups is 3. The summed E-state index contributed by atoms with van der Waals surface area (Å²) >= 11 is 12.6. The SMILES string of the molecule is Cc1cc(Cl)c(C(=O)CN(C[C@@H]2CC2(C)C)C(=O)c2cnn(C3CCC(C)(C(=O)O)CC3)c2C(F)(F)F)c(Cl)c1. The molecule has 2 aromatic rings. The average Bonchev–Trinajstić information content (AvgIpc) is 3.21. The Morgan fingerprint density at radius 2 is 1.68 bits per heavy atom. The van der Waals surface area contributed by atoms with Crippen LogP contribution in [0.4, 0.5) is 13.2 Å². The maximum atomic E-state index is 14.4. The fourth-order valence-corrected chi connectivity index (χ4v) is 6.35. The molecule has 0 radical (unpaired) electrons. The Morgan fingerprint density at radius 3 is 2.15 bits per heavy atom. The highest BCUT2D eigenvalue weighted by Gasteiger charge is 2.49. The van der Waals surface area contributed by atoms with Crippen molar-refractivity contribution in [3.63, 3.8) is 0 Å². The van der Waals surface area contributed by atoms with Crippen molar-refractivity contribution < 1.29 is 32.7 Å². The number of ketones is 1. The number of amides is 1. The van der Waals surface area contributed by atoms with Gasteiger partial charge < -0.3 is 10.0 Å². The van der Waals surface area contributed by atoms with Gasteiger partial charge in [0.05, 0.1) is 45.4 Å². The summed E-state index contributed by atoms with van der Waals surface area (Å²) in [4.78, 5) is 39.8. The number of rotatable bonds is 8. The van der Waals surface area contributed by atoms with Gasteiger partial charge in [0, 0.05) is 6.54 Å². The number of aromatic nitrogens is 2. The lowest BCUT2D eigenvalue weighted by Crippen LogP contribution is -2.39. The van der Waals surface area contributed by atoms with Gasteiger partial charge in [0.2, 0.25) is 0 Å². The summed E-state index contributed by atoms with van der Waals surface area (Å²) in [6.07, 6.45) is -2.54. The van der Waals surface area contributed by atoms with E-state index in [1.807, 2.05) is 13.8 Å². The first-order valence-electron chi connectivity index (χ1n) is 13.1. The highest BCUT2D eigenvalue weighted by molar-refractivity contribution is 6.40. The van der Waals surface area contributed by atoms with Gasteiger partial charge in [-0.3, -0.25) is 19.1 Å². The number of aliphatic carboxylic acids is 1. The van der Waals surface area contributed by atoms with Gasteiger partial charge in [-0.2, -0.15) is 18.3 Å². The van der Waals surface area contributed by atoms with E-state index in [4.69, 9.17) is 23.2 Å². The number of carbonyl (C=O) groups excluding carboxylic acids is 2. The topological polar surface area (TPSA) is 92.5 Å². The van der Waals surface area contributed by atoms with Crippen LogP contribution in [0.25, 0.3) is 0 Å². The van der Waals surface area contributed by atoms with Crippen LogP contribution >= 0.6 is 23.2 Å². The van der Waals surface area contributed by atoms with E-state index in [1.165, 1.54) is 0 Å². The van der Waals surface area contributed by atoms with Crippen LogP contribution < -0.4 is 0 Å². The lowest BCUT2D eigenvalue weighted by molar-refractivity contribution is -0.152. The number of nitrogens with zero attached hydrogens (tertiary/aromatic N) is 3. The monoisotopic (exact) mass is 601 g/mol. The van der Waals surface area contributed by atoms with E-state index >= 15 is 0 Å². The Morgan fingerprint density at radius 1 is 1.12 bits per heavy atom. The van der Waals surface area contributed by atoms with Gasteiger partial charge >= 0.3 is 12.1 Å². The molecule has 1 aromatic heterocycles. The third-order valence-corrected chi connectivity index (χ3v) is 9.06. The molecule has 1 amide bonds. The van der Waals surface area contributed by atoms with Gasteiger partial charge in [-0.05, 0) is 75.0 Å². The van der Waals surface area contributed by atoms with Crippen LogP contribution in [-0.4, -0.2) is 50.5 Å². The van der Waals surface area contributed by atoms with Gasteiger partial charge in [0.1, 0.15) is 0 Å². The van der Waals surface area contributed by atoms with Crippen molar-refractivity contribution in [1.82, 2.24) is 14.7 Å². The predicted molar refractivity (Wildman–Crippen MR) is 144 cm³/mol. The normalized spacial score (nSPS) is 24.0. The lowest BCUT2D eigenvalue weighted by Gasteiger charge is -2.34. The Hall–Kier alpha value is -2.59. The number of carboxylic acid groups (broad SMARTS) is 1. The Balaban J connectivity index is 1.67. The number of halogens is 5. The first-order valence-corrected chi connectivity index (χ1v) is 13.9. The first-order chi connectivity index (χ1) is 18.4. The maximum absolute atomic E-state index is 14.4. The molecule has 4 rings (SSSR count). The van der Waals surface area contributed by atoms with E-state index in [9.17, 15) is 32.7 Å². The number of hydrogen-bond donors (Lipinski definition) is 1. The van der Waals surface area contributed by atoms with E-state index in [-0.39, 0.29) is 59.2 Å². The number of benzene rings is 1. The molecule has 1 N–H and O–H groups in total. The molecule has 40 heavy (non-hydrogen) atoms. The van der Waals surface area contributed by atoms with Gasteiger partial charge in [-0.15, -0.1) is 0 Å². The van der Waals surface area contributed by atoms with Crippen LogP contribution in [0.2, 0.25) is 10.0 Å². The van der Waals surface area contributed by atoms with Crippen molar-refractivity contribution in [3.05, 3.63) is 50.8 Å². The summed E-state index contributed by atoms with van der Waals surface area (Å²) in [6, 6.07) is 2.40. The van der Waals surface area contributed by atoms with Crippen LogP contribution in [0, 0.1) is 23.7 Å². The Kier molecular flexibility index (Phi) is 8.10. The van der Waals surface area contributed by atoms with Crippen LogP contribution in [-0.2, 0) is 11.0 Å². The Labute approximate surface area is 240 Å². The fourth-order valence-electron chi connectivity index (χ4n) is 5.54. The smallest absolute Gasteiger partial charge is 0.433 e. The second-order valence-electron chi connectivity index (χ2n) is 12.0. The summed E-state index contributed by atoms with van der Waals surface area (Å²) < 4.78 is 44.1. The van der Waals surface area contributed by atoms with Crippen molar-refractivity contribution in [2.45, 2.75) is 72.0 Å². The van der Waals surface area contributed by atoms with Gasteiger partial charge in [-0.25, -0.2) is 0 Å². The van der Waals surface area contributed by atoms with Crippen LogP contribution in [0.5, 0.6) is 0 Å². The third kappa shape index (κ3) is 6.03. The van der Waals surface area contributed by atoms with Gasteiger partial charge in [0.15, 0.2) is 11.5 Å². The molecule has 0 spiro atoms. The minimum Gasteiger partial charge on any atom is -0.481 e. The number of hydrogen-bond acceptors (Lipinski definition) is 4. The molecule has 2 fully saturated rings. The van der Waals surface area contributed by atoms with E-state index in [0.29, 0.717) is 0 Å². The molecule has 218 valence electrons. The molecule has 0 bridgehead atoms. The summed E-state index contributed by atoms with van der Waals surface area (Å²) in [5.74, 6) is -2.52. The number of carboxylic acids is 1. The molecule has 0 unspecified atom stereocenters. The minimum atomic E-state index is -4.91. The lowest BCUT2D eigenvalue weighted by atomic mass is 9.74. The molecule has 2 aliphatic rings. The average molecular weight is 602 g/mol. The highest BCUT2D eigenvalue weighted by Crippen LogP contribution is 2.52. The van der Waals surface area contributed by atoms with Crippen molar-refractivity contribution in [1.29, 1.82) is 0 Å². The largest absolute Gasteiger partial charge is 0.481 e. The summed E-state index contributed by atoms with van der Waals surface area (Å²) in [5.41, 5.74) is -2.23. The summed E-state index contributed by atoms with van der Waals surface area (Å²) in [6.45, 7) is 6.89. The van der Waals surface area contributed by atoms with Crippen LogP contribution in [0.15, 0.2) is 18.3 Å². The van der Waals surface area contributed by atoms with E-state index < -0.39 is 53.1 Å². The van der Waals surface area contributed by atoms with E-state index in [1.54, 1.807) is 26.0 Å². The zero-order chi connectivity index (χ0) is 29.8. The van der Waals surface area contributed by atoms with Gasteiger partial charge in [0.25, 0.3) is 5.91 Å². The summed E-state index contributed by atoms with van der Waals surface area (Å²) in [5, 5.41) is 13.7. The van der Waals surface area contributed by atoms with Crippen molar-refractivity contribution in [3.8, 4) is 0 Å². The third-order valence-electron chi connectivity index (χ3n) is 8.46. The quantitative estimate of drug-likeness (QED) is 0.326. The highest BCUT2D eigenvalue weighted by atomic mass is 35.5. The van der Waals surface area contributed by atoms with Crippen LogP contribution in [0.1, 0.15) is 90.9 Å². The minimum absolute atomic E-state index is 0.00429. The van der Waals surface area contributed by atoms with E-state index in [0.717, 1.165) is 27.8 Å². The van der Waals surface area contributed by atoms with Crippen molar-refractivity contribution >= 4 is 40.9 Å². The molecular weight excluding hydrogens is 570 g/mol. The van der Waals surface area contributed by atoms with Crippen molar-refractivity contribution in [2.75, 3.05) is 13.1 Å². The first kappa shape index (κ1) is 30.4. The number of alkyl halides is 3. The number of Topliss-reactive ketones (excluding diaryl/α,β-unsaturated/α-hetero) is 1. The van der Waals surface area contributed by atoms with E-state index in [2.05, 4.69) is 5.10 Å². The molecule has 1 heterocycles. The molecule has 0 saturated heterocycles. The molecule has 2 saturated carbocycles. The standard InChI is InChI=1S/C28H32Cl2F3N3O4/c1-15-9-19(29)22(20(30)10-15)21(37)14-35(13-16-11-26(16,2)3)24(38)18-12-34-36(23(18)28(31,32)33)17-5-7-27(4,8-6-17)25(39)40/h9-10,12,16-17H,5-8,11,13-14H2,1-4H3,(H,39,40)/t16-,17?,27?/m0/s1. The molecule has 7 nitrogen and oxygen atoms in total. The zero-order valence-electron chi connectivity index (χ0n) is 22.7. The predicted octanol–water partition coefficient (Wildman–Crippen LogP) is 7.09. The molecule has 1 aromatic carbocycles. The van der Waals surface area contributed by atoms with Crippen molar-refractivity contribution in [2.24, 2.45) is 16.7 Å². The second kappa shape index (κ2) is 10.7. The molecule has 0 aliphatic heterocycles. The maximum Gasteiger partial charge on any atom is 0.433 e. The molecule has 1 atom stereocenters.